The molecule has 0 amide bonds. The van der Waals surface area contributed by atoms with Crippen molar-refractivity contribution in [1.82, 2.24) is 0 Å². The molecular weight excluding hydrogens is 328 g/mol. The summed E-state index contributed by atoms with van der Waals surface area (Å²) in [5.41, 5.74) is 0. The van der Waals surface area contributed by atoms with Crippen LogP contribution < -0.4 is 0 Å². The van der Waals surface area contributed by atoms with Crippen molar-refractivity contribution >= 4 is 11.9 Å². The highest BCUT2D eigenvalue weighted by molar-refractivity contribution is 5.72. The van der Waals surface area contributed by atoms with Gasteiger partial charge in [0, 0.05) is 6.42 Å². The third-order valence-electron chi connectivity index (χ3n) is 5.19. The summed E-state index contributed by atoms with van der Waals surface area (Å²) in [4.78, 5) is 22.5. The van der Waals surface area contributed by atoms with Crippen LogP contribution >= 0.6 is 0 Å². The normalized spacial score (nSPS) is 12.0. The van der Waals surface area contributed by atoms with Gasteiger partial charge in [0.1, 0.15) is 0 Å². The lowest BCUT2D eigenvalue weighted by Gasteiger charge is -2.11. The molecule has 0 saturated carbocycles. The fourth-order valence-electron chi connectivity index (χ4n) is 3.36. The zero-order chi connectivity index (χ0) is 19.5. The second kappa shape index (κ2) is 18.7. The van der Waals surface area contributed by atoms with Gasteiger partial charge in [-0.1, -0.05) is 84.0 Å². The van der Waals surface area contributed by atoms with Crippen molar-refractivity contribution in [2.45, 2.75) is 110 Å². The number of unbranched alkanes of at least 4 members (excludes halogenated alkanes) is 12. The van der Waals surface area contributed by atoms with Crippen LogP contribution in [0.3, 0.4) is 0 Å². The van der Waals surface area contributed by atoms with Crippen LogP contribution in [0.15, 0.2) is 0 Å². The van der Waals surface area contributed by atoms with Crippen LogP contribution in [0.25, 0.3) is 0 Å². The molecule has 0 aliphatic heterocycles. The minimum absolute atomic E-state index is 0.0454. The largest absolute Gasteiger partial charge is 0.469 e. The Labute approximate surface area is 161 Å². The molecule has 0 aliphatic carbocycles. The Morgan fingerprint density at radius 3 is 1.46 bits per heavy atom. The molecule has 0 fully saturated rings. The number of esters is 2. The van der Waals surface area contributed by atoms with Gasteiger partial charge in [-0.2, -0.15) is 0 Å². The van der Waals surface area contributed by atoms with Crippen molar-refractivity contribution in [3.05, 3.63) is 0 Å². The lowest BCUT2D eigenvalue weighted by Crippen LogP contribution is -2.15. The van der Waals surface area contributed by atoms with Gasteiger partial charge < -0.3 is 9.47 Å². The maximum absolute atomic E-state index is 11.5. The smallest absolute Gasteiger partial charge is 0.308 e. The summed E-state index contributed by atoms with van der Waals surface area (Å²) in [5.74, 6) is -0.0323. The summed E-state index contributed by atoms with van der Waals surface area (Å²) in [6.45, 7) is 2.06. The van der Waals surface area contributed by atoms with Gasteiger partial charge in [-0.15, -0.1) is 0 Å². The Morgan fingerprint density at radius 1 is 0.654 bits per heavy atom. The van der Waals surface area contributed by atoms with E-state index < -0.39 is 0 Å². The van der Waals surface area contributed by atoms with Crippen molar-refractivity contribution in [2.24, 2.45) is 5.92 Å². The van der Waals surface area contributed by atoms with E-state index in [0.717, 1.165) is 32.1 Å². The molecule has 154 valence electrons. The Balaban J connectivity index is 3.22. The monoisotopic (exact) mass is 370 g/mol. The lowest BCUT2D eigenvalue weighted by atomic mass is 9.98. The SMILES string of the molecule is CCC(CCCCCCCCCCCCCCCC(=O)OC)C(=O)OC. The first kappa shape index (κ1) is 24.9. The number of hydrogen-bond donors (Lipinski definition) is 0. The van der Waals surface area contributed by atoms with Gasteiger partial charge in [-0.05, 0) is 19.3 Å². The van der Waals surface area contributed by atoms with Gasteiger partial charge in [0.05, 0.1) is 20.1 Å². The quantitative estimate of drug-likeness (QED) is 0.212. The van der Waals surface area contributed by atoms with Gasteiger partial charge >= 0.3 is 11.9 Å². The number of ether oxygens (including phenoxy) is 2. The van der Waals surface area contributed by atoms with Crippen LogP contribution in [-0.4, -0.2) is 26.2 Å². The highest BCUT2D eigenvalue weighted by Crippen LogP contribution is 2.17. The predicted octanol–water partition coefficient (Wildman–Crippen LogP) is 6.21. The first-order valence-electron chi connectivity index (χ1n) is 10.8. The summed E-state index contributed by atoms with van der Waals surface area (Å²) < 4.78 is 9.47. The zero-order valence-corrected chi connectivity index (χ0v) is 17.5. The van der Waals surface area contributed by atoms with Crippen molar-refractivity contribution in [2.75, 3.05) is 14.2 Å². The lowest BCUT2D eigenvalue weighted by molar-refractivity contribution is -0.146. The van der Waals surface area contributed by atoms with E-state index in [4.69, 9.17) is 4.74 Å². The second-order valence-electron chi connectivity index (χ2n) is 7.34. The van der Waals surface area contributed by atoms with Gasteiger partial charge in [0.15, 0.2) is 0 Å². The minimum Gasteiger partial charge on any atom is -0.469 e. The average Bonchev–Trinajstić information content (AvgIpc) is 2.66. The molecule has 0 saturated heterocycles. The highest BCUT2D eigenvalue weighted by Gasteiger charge is 2.15. The summed E-state index contributed by atoms with van der Waals surface area (Å²) in [5, 5.41) is 0. The van der Waals surface area contributed by atoms with Gasteiger partial charge in [0.25, 0.3) is 0 Å². The molecule has 0 spiro atoms. The van der Waals surface area contributed by atoms with E-state index in [-0.39, 0.29) is 17.9 Å². The fourth-order valence-corrected chi connectivity index (χ4v) is 3.36. The van der Waals surface area contributed by atoms with Crippen LogP contribution in [0.5, 0.6) is 0 Å². The third kappa shape index (κ3) is 15.2. The summed E-state index contributed by atoms with van der Waals surface area (Å²) in [6, 6.07) is 0. The van der Waals surface area contributed by atoms with Crippen molar-refractivity contribution < 1.29 is 19.1 Å². The maximum atomic E-state index is 11.5. The van der Waals surface area contributed by atoms with E-state index in [2.05, 4.69) is 11.7 Å². The van der Waals surface area contributed by atoms with Crippen molar-refractivity contribution in [3.8, 4) is 0 Å². The van der Waals surface area contributed by atoms with E-state index >= 15 is 0 Å². The number of rotatable bonds is 18. The van der Waals surface area contributed by atoms with Crippen LogP contribution in [0.2, 0.25) is 0 Å². The molecule has 0 aromatic heterocycles. The van der Waals surface area contributed by atoms with Crippen LogP contribution in [0.1, 0.15) is 110 Å². The van der Waals surface area contributed by atoms with E-state index in [1.54, 1.807) is 0 Å². The molecule has 26 heavy (non-hydrogen) atoms. The predicted molar refractivity (Wildman–Crippen MR) is 107 cm³/mol. The molecule has 0 rings (SSSR count). The van der Waals surface area contributed by atoms with Crippen molar-refractivity contribution in [3.63, 3.8) is 0 Å². The molecule has 0 heterocycles. The molecule has 4 heteroatoms. The first-order valence-corrected chi connectivity index (χ1v) is 10.8. The van der Waals surface area contributed by atoms with E-state index in [0.29, 0.717) is 6.42 Å². The van der Waals surface area contributed by atoms with E-state index in [1.807, 2.05) is 0 Å². The Morgan fingerprint density at radius 2 is 1.08 bits per heavy atom. The topological polar surface area (TPSA) is 52.6 Å². The molecule has 1 atom stereocenters. The first-order chi connectivity index (χ1) is 12.7. The molecule has 0 aromatic rings. The number of hydrogen-bond acceptors (Lipinski definition) is 4. The minimum atomic E-state index is -0.0846. The molecule has 0 bridgehead atoms. The average molecular weight is 371 g/mol. The highest BCUT2D eigenvalue weighted by atomic mass is 16.5. The van der Waals surface area contributed by atoms with Gasteiger partial charge in [0.2, 0.25) is 0 Å². The molecule has 0 radical (unpaired) electrons. The Kier molecular flexibility index (Phi) is 18.0. The number of methoxy groups -OCH3 is 2. The Hall–Kier alpha value is -1.06. The van der Waals surface area contributed by atoms with E-state index in [1.165, 1.54) is 78.4 Å². The van der Waals surface area contributed by atoms with Gasteiger partial charge in [-0.3, -0.25) is 9.59 Å². The van der Waals surface area contributed by atoms with Crippen LogP contribution in [0, 0.1) is 5.92 Å². The standard InChI is InChI=1S/C22H42O4/c1-4-20(22(24)26-3)18-16-14-12-10-8-6-5-7-9-11-13-15-17-19-21(23)25-2/h20H,4-19H2,1-3H3. The third-order valence-corrected chi connectivity index (χ3v) is 5.19. The fraction of sp³-hybridized carbons (Fsp3) is 0.909. The molecule has 0 aromatic carbocycles. The molecule has 4 nitrogen and oxygen atoms in total. The second-order valence-corrected chi connectivity index (χ2v) is 7.34. The van der Waals surface area contributed by atoms with Crippen LogP contribution in [-0.2, 0) is 19.1 Å². The molecular formula is C22H42O4. The zero-order valence-electron chi connectivity index (χ0n) is 17.5. The molecule has 0 N–H and O–H groups in total. The molecule has 0 aliphatic rings. The summed E-state index contributed by atoms with van der Waals surface area (Å²) in [7, 11) is 2.94. The number of carbonyl (C=O) groups is 2. The Bertz CT molecular complexity index is 341. The summed E-state index contributed by atoms with van der Waals surface area (Å²) >= 11 is 0. The molecule has 1 unspecified atom stereocenters. The van der Waals surface area contributed by atoms with E-state index in [9.17, 15) is 9.59 Å². The maximum Gasteiger partial charge on any atom is 0.308 e. The van der Waals surface area contributed by atoms with Crippen LogP contribution in [0.4, 0.5) is 0 Å². The van der Waals surface area contributed by atoms with Gasteiger partial charge in [-0.25, -0.2) is 0 Å². The summed E-state index contributed by atoms with van der Waals surface area (Å²) in [6.07, 6.45) is 18.8. The number of carbonyl (C=O) groups excluding carboxylic acids is 2. The van der Waals surface area contributed by atoms with Crippen molar-refractivity contribution in [1.29, 1.82) is 0 Å².